The molecule has 1 aromatic carbocycles. The third-order valence-corrected chi connectivity index (χ3v) is 4.83. The second kappa shape index (κ2) is 7.00. The third kappa shape index (κ3) is 3.76. The molecule has 0 N–H and O–H groups in total. The number of nitrogens with zero attached hydrogens (tertiary/aromatic N) is 2. The lowest BCUT2D eigenvalue weighted by Gasteiger charge is -2.25. The Bertz CT molecular complexity index is 856. The number of hydrogen-bond acceptors (Lipinski definition) is 3. The highest BCUT2D eigenvalue weighted by Crippen LogP contribution is 2.36. The normalized spacial score (nSPS) is 15.2. The van der Waals surface area contributed by atoms with Crippen LogP contribution in [0.3, 0.4) is 0 Å². The van der Waals surface area contributed by atoms with E-state index < -0.39 is 12.5 Å². The molecule has 0 radical (unpaired) electrons. The van der Waals surface area contributed by atoms with E-state index in [9.17, 15) is 13.6 Å². The van der Waals surface area contributed by atoms with Crippen molar-refractivity contribution in [1.29, 1.82) is 0 Å². The fraction of sp³-hybridized carbons (Fsp3) is 0.333. The van der Waals surface area contributed by atoms with E-state index in [1.54, 1.807) is 23.1 Å². The number of alkyl halides is 2. The molecule has 0 fully saturated rings. The number of amides is 1. The van der Waals surface area contributed by atoms with Crippen molar-refractivity contribution in [2.24, 2.45) is 0 Å². The Morgan fingerprint density at radius 2 is 2.08 bits per heavy atom. The van der Waals surface area contributed by atoms with Crippen LogP contribution in [-0.2, 0) is 6.54 Å². The molecule has 138 valence electrons. The van der Waals surface area contributed by atoms with Crippen LogP contribution in [0.1, 0.15) is 41.4 Å². The summed E-state index contributed by atoms with van der Waals surface area (Å²) in [5.74, 6) is -2.91. The molecular weight excluding hydrogens is 385 g/mol. The maximum absolute atomic E-state index is 12.9. The predicted molar refractivity (Wildman–Crippen MR) is 95.1 cm³/mol. The minimum absolute atomic E-state index is 0.140. The summed E-state index contributed by atoms with van der Waals surface area (Å²) in [6.45, 7) is 2.22. The lowest BCUT2D eigenvalue weighted by molar-refractivity contribution is -0.0229. The van der Waals surface area contributed by atoms with Gasteiger partial charge in [0.2, 0.25) is 0 Å². The van der Waals surface area contributed by atoms with E-state index >= 15 is 0 Å². The highest BCUT2D eigenvalue weighted by Gasteiger charge is 2.33. The topological polar surface area (TPSA) is 42.4 Å². The van der Waals surface area contributed by atoms with Crippen molar-refractivity contribution in [2.45, 2.75) is 32.4 Å². The second-order valence-corrected chi connectivity index (χ2v) is 7.05. The minimum Gasteiger partial charge on any atom is -0.486 e. The van der Waals surface area contributed by atoms with E-state index in [4.69, 9.17) is 27.9 Å². The van der Waals surface area contributed by atoms with Gasteiger partial charge >= 0.3 is 0 Å². The quantitative estimate of drug-likeness (QED) is 0.652. The molecule has 1 aromatic heterocycles. The number of hydrogen-bond donors (Lipinski definition) is 0. The van der Waals surface area contributed by atoms with Gasteiger partial charge in [0, 0.05) is 24.2 Å². The Kier molecular flexibility index (Phi) is 5.08. The van der Waals surface area contributed by atoms with E-state index in [1.807, 2.05) is 6.92 Å². The molecule has 0 saturated heterocycles. The molecule has 1 aliphatic rings. The molecule has 0 spiro atoms. The average molecular weight is 401 g/mol. The fourth-order valence-corrected chi connectivity index (χ4v) is 3.27. The van der Waals surface area contributed by atoms with Crippen molar-refractivity contribution in [3.05, 3.63) is 57.3 Å². The summed E-state index contributed by atoms with van der Waals surface area (Å²) in [4.78, 5) is 18.3. The van der Waals surface area contributed by atoms with Gasteiger partial charge in [-0.1, -0.05) is 29.3 Å². The monoisotopic (exact) mass is 400 g/mol. The van der Waals surface area contributed by atoms with E-state index in [-0.39, 0.29) is 22.7 Å². The van der Waals surface area contributed by atoms with E-state index in [0.717, 1.165) is 12.5 Å². The Morgan fingerprint density at radius 3 is 2.69 bits per heavy atom. The number of halogens is 4. The molecule has 2 aromatic rings. The van der Waals surface area contributed by atoms with Crippen LogP contribution in [0.5, 0.6) is 5.75 Å². The smallest absolute Gasteiger partial charge is 0.278 e. The Labute approximate surface area is 159 Å². The maximum atomic E-state index is 12.9. The van der Waals surface area contributed by atoms with Crippen LogP contribution >= 0.6 is 23.2 Å². The van der Waals surface area contributed by atoms with Crippen molar-refractivity contribution >= 4 is 29.1 Å². The minimum atomic E-state index is -2.95. The summed E-state index contributed by atoms with van der Waals surface area (Å²) < 4.78 is 30.9. The number of benzene rings is 1. The molecule has 1 aliphatic heterocycles. The van der Waals surface area contributed by atoms with E-state index in [0.29, 0.717) is 22.8 Å². The van der Waals surface area contributed by atoms with Crippen LogP contribution < -0.4 is 4.74 Å². The molecule has 8 heteroatoms. The Balaban J connectivity index is 1.79. The Hall–Kier alpha value is -1.92. The van der Waals surface area contributed by atoms with Crippen LogP contribution in [-0.4, -0.2) is 28.3 Å². The zero-order chi connectivity index (χ0) is 19.1. The average Bonchev–Trinajstić information content (AvgIpc) is 2.91. The lowest BCUT2D eigenvalue weighted by Crippen LogP contribution is -2.27. The molecule has 0 aliphatic carbocycles. The molecule has 1 unspecified atom stereocenters. The molecule has 0 saturated carbocycles. The summed E-state index contributed by atoms with van der Waals surface area (Å²) in [7, 11) is 0. The maximum Gasteiger partial charge on any atom is 0.278 e. The highest BCUT2D eigenvalue weighted by molar-refractivity contribution is 6.32. The number of carbonyl (C=O) groups excluding carboxylic acids is 1. The first-order chi connectivity index (χ1) is 12.2. The summed E-state index contributed by atoms with van der Waals surface area (Å²) in [5, 5.41) is 0.523. The van der Waals surface area contributed by atoms with Crippen LogP contribution in [0.25, 0.3) is 0 Å². The van der Waals surface area contributed by atoms with Crippen LogP contribution in [0.4, 0.5) is 8.78 Å². The van der Waals surface area contributed by atoms with Gasteiger partial charge in [0.15, 0.2) is 6.61 Å². The van der Waals surface area contributed by atoms with Gasteiger partial charge in [-0.2, -0.15) is 0 Å². The lowest BCUT2D eigenvalue weighted by atomic mass is 10.1. The molecule has 26 heavy (non-hydrogen) atoms. The van der Waals surface area contributed by atoms with Crippen molar-refractivity contribution < 1.29 is 18.3 Å². The third-order valence-electron chi connectivity index (χ3n) is 4.21. The summed E-state index contributed by atoms with van der Waals surface area (Å²) in [5.41, 5.74) is 1.99. The highest BCUT2D eigenvalue weighted by atomic mass is 35.5. The number of fused-ring (bicyclic) bond motifs is 1. The molecule has 1 atom stereocenters. The van der Waals surface area contributed by atoms with Gasteiger partial charge in [-0.25, -0.2) is 13.8 Å². The first-order valence-electron chi connectivity index (χ1n) is 7.92. The van der Waals surface area contributed by atoms with Crippen molar-refractivity contribution in [3.8, 4) is 5.75 Å². The molecule has 3 rings (SSSR count). The number of aromatic nitrogens is 1. The summed E-state index contributed by atoms with van der Waals surface area (Å²) in [6.07, 6.45) is 1.50. The number of ether oxygens (including phenoxy) is 1. The van der Waals surface area contributed by atoms with Gasteiger partial charge in [0.05, 0.1) is 17.6 Å². The number of pyridine rings is 1. The zero-order valence-corrected chi connectivity index (χ0v) is 15.6. The van der Waals surface area contributed by atoms with Gasteiger partial charge < -0.3 is 9.64 Å². The molecular formula is C18H16Cl2F2N2O2. The van der Waals surface area contributed by atoms with Gasteiger partial charge in [-0.3, -0.25) is 4.79 Å². The van der Waals surface area contributed by atoms with E-state index in [1.165, 1.54) is 12.3 Å². The van der Waals surface area contributed by atoms with E-state index in [2.05, 4.69) is 4.98 Å². The van der Waals surface area contributed by atoms with Gasteiger partial charge in [-0.15, -0.1) is 0 Å². The van der Waals surface area contributed by atoms with Crippen LogP contribution in [0, 0.1) is 0 Å². The molecule has 2 heterocycles. The number of carbonyl (C=O) groups is 1. The van der Waals surface area contributed by atoms with Crippen LogP contribution in [0.15, 0.2) is 30.5 Å². The summed E-state index contributed by atoms with van der Waals surface area (Å²) >= 11 is 12.2. The van der Waals surface area contributed by atoms with Crippen molar-refractivity contribution in [1.82, 2.24) is 9.88 Å². The number of rotatable bonds is 5. The predicted octanol–water partition coefficient (Wildman–Crippen LogP) is 5.14. The molecule has 1 amide bonds. The second-order valence-electron chi connectivity index (χ2n) is 6.29. The SMILES string of the molecule is CC(c1ccc(OCC(C)(F)F)c(Cl)c1)N1Cc2c(ccnc2Cl)C1=O. The van der Waals surface area contributed by atoms with Gasteiger partial charge in [0.25, 0.3) is 11.8 Å². The fourth-order valence-electron chi connectivity index (χ4n) is 2.81. The van der Waals surface area contributed by atoms with Crippen molar-refractivity contribution in [2.75, 3.05) is 6.61 Å². The standard InChI is InChI=1S/C18H16Cl2F2N2O2/c1-10(24-8-13-12(17(24)25)5-6-23-16(13)20)11-3-4-15(14(19)7-11)26-9-18(2,21)22/h3-7,10H,8-9H2,1-2H3. The van der Waals surface area contributed by atoms with Crippen LogP contribution in [0.2, 0.25) is 10.2 Å². The van der Waals surface area contributed by atoms with Crippen molar-refractivity contribution in [3.63, 3.8) is 0 Å². The summed E-state index contributed by atoms with van der Waals surface area (Å²) in [6, 6.07) is 6.21. The first kappa shape index (κ1) is 18.9. The Morgan fingerprint density at radius 1 is 1.35 bits per heavy atom. The zero-order valence-electron chi connectivity index (χ0n) is 14.1. The first-order valence-corrected chi connectivity index (χ1v) is 8.67. The van der Waals surface area contributed by atoms with Gasteiger partial charge in [0.1, 0.15) is 10.9 Å². The molecule has 0 bridgehead atoms. The molecule has 4 nitrogen and oxygen atoms in total. The largest absolute Gasteiger partial charge is 0.486 e. The van der Waals surface area contributed by atoms with Gasteiger partial charge in [-0.05, 0) is 30.7 Å².